The van der Waals surface area contributed by atoms with Gasteiger partial charge in [-0.1, -0.05) is 6.07 Å². The van der Waals surface area contributed by atoms with Gasteiger partial charge in [0.2, 0.25) is 5.43 Å². The molecule has 0 bridgehead atoms. The van der Waals surface area contributed by atoms with Gasteiger partial charge in [0.25, 0.3) is 0 Å². The predicted octanol–water partition coefficient (Wildman–Crippen LogP) is 1.46. The van der Waals surface area contributed by atoms with Crippen LogP contribution in [0.25, 0.3) is 10.2 Å². The summed E-state index contributed by atoms with van der Waals surface area (Å²) in [6, 6.07) is 7.51. The van der Waals surface area contributed by atoms with Crippen molar-refractivity contribution in [3.63, 3.8) is 0 Å². The van der Waals surface area contributed by atoms with Crippen LogP contribution in [-0.4, -0.2) is 15.2 Å². The molecule has 2 heterocycles. The zero-order valence-corrected chi connectivity index (χ0v) is 10.8. The van der Waals surface area contributed by atoms with Crippen LogP contribution in [0.5, 0.6) is 0 Å². The van der Waals surface area contributed by atoms with Gasteiger partial charge in [0.15, 0.2) is 0 Å². The van der Waals surface area contributed by atoms with Crippen LogP contribution >= 0.6 is 11.3 Å². The van der Waals surface area contributed by atoms with Crippen LogP contribution in [0.1, 0.15) is 11.3 Å². The number of H-pyrrole nitrogens is 2. The summed E-state index contributed by atoms with van der Waals surface area (Å²) in [7, 11) is 0. The van der Waals surface area contributed by atoms with Crippen molar-refractivity contribution in [2.75, 3.05) is 0 Å². The standard InChI is InChI=1S/C13H11N3O2S/c17-11-6-9(15-16-13(11)18)3-1-8-2-4-12-10(5-8)14-7-19-12/h2,4-7H,1,3H2,(H,15,17)(H,16,18). The molecule has 0 amide bonds. The third-order valence-electron chi connectivity index (χ3n) is 2.94. The molecule has 3 aromatic rings. The Bertz CT molecular complexity index is 831. The Labute approximate surface area is 111 Å². The third-order valence-corrected chi connectivity index (χ3v) is 3.75. The van der Waals surface area contributed by atoms with Crippen molar-refractivity contribution in [1.29, 1.82) is 0 Å². The second-order valence-electron chi connectivity index (χ2n) is 4.27. The highest BCUT2D eigenvalue weighted by molar-refractivity contribution is 7.16. The molecule has 0 aliphatic rings. The van der Waals surface area contributed by atoms with E-state index in [2.05, 4.69) is 33.4 Å². The van der Waals surface area contributed by atoms with Crippen LogP contribution in [0.3, 0.4) is 0 Å². The lowest BCUT2D eigenvalue weighted by Gasteiger charge is -2.01. The maximum Gasteiger partial charge on any atom is 0.310 e. The molecule has 3 rings (SSSR count). The average molecular weight is 273 g/mol. The molecule has 0 unspecified atom stereocenters. The number of hydrogen-bond acceptors (Lipinski definition) is 4. The second kappa shape index (κ2) is 4.81. The lowest BCUT2D eigenvalue weighted by atomic mass is 10.1. The van der Waals surface area contributed by atoms with Gasteiger partial charge in [-0.15, -0.1) is 11.3 Å². The maximum absolute atomic E-state index is 11.2. The molecule has 5 nitrogen and oxygen atoms in total. The zero-order valence-electron chi connectivity index (χ0n) is 9.97. The normalized spacial score (nSPS) is 10.9. The Morgan fingerprint density at radius 3 is 2.84 bits per heavy atom. The molecular formula is C13H11N3O2S. The van der Waals surface area contributed by atoms with E-state index in [0.29, 0.717) is 6.42 Å². The van der Waals surface area contributed by atoms with Gasteiger partial charge in [0, 0.05) is 11.8 Å². The summed E-state index contributed by atoms with van der Waals surface area (Å²) < 4.78 is 1.17. The van der Waals surface area contributed by atoms with Crippen molar-refractivity contribution in [1.82, 2.24) is 15.2 Å². The fraction of sp³-hybridized carbons (Fsp3) is 0.154. The smallest absolute Gasteiger partial charge is 0.302 e. The number of thiazole rings is 1. The van der Waals surface area contributed by atoms with Crippen LogP contribution < -0.4 is 11.0 Å². The molecule has 96 valence electrons. The molecule has 19 heavy (non-hydrogen) atoms. The first-order valence-corrected chi connectivity index (χ1v) is 6.73. The van der Waals surface area contributed by atoms with Gasteiger partial charge >= 0.3 is 5.56 Å². The van der Waals surface area contributed by atoms with E-state index in [1.165, 1.54) is 10.8 Å². The Kier molecular flexibility index (Phi) is 3.00. The first kappa shape index (κ1) is 11.9. The van der Waals surface area contributed by atoms with E-state index in [-0.39, 0.29) is 0 Å². The molecule has 2 aromatic heterocycles. The molecule has 0 aliphatic heterocycles. The monoisotopic (exact) mass is 273 g/mol. The Morgan fingerprint density at radius 1 is 1.11 bits per heavy atom. The number of benzene rings is 1. The number of nitrogens with zero attached hydrogens (tertiary/aromatic N) is 1. The van der Waals surface area contributed by atoms with E-state index in [0.717, 1.165) is 23.2 Å². The van der Waals surface area contributed by atoms with Gasteiger partial charge in [0.1, 0.15) is 0 Å². The quantitative estimate of drug-likeness (QED) is 0.709. The molecule has 0 atom stereocenters. The van der Waals surface area contributed by atoms with E-state index in [1.54, 1.807) is 11.3 Å². The summed E-state index contributed by atoms with van der Waals surface area (Å²) >= 11 is 1.62. The van der Waals surface area contributed by atoms with Crippen molar-refractivity contribution in [2.24, 2.45) is 0 Å². The van der Waals surface area contributed by atoms with Crippen LogP contribution in [0.4, 0.5) is 0 Å². The molecule has 0 saturated carbocycles. The summed E-state index contributed by atoms with van der Waals surface area (Å²) in [5, 5.41) is 5.06. The van der Waals surface area contributed by atoms with Gasteiger partial charge < -0.3 is 5.10 Å². The van der Waals surface area contributed by atoms with Crippen molar-refractivity contribution in [2.45, 2.75) is 12.8 Å². The van der Waals surface area contributed by atoms with Gasteiger partial charge in [-0.25, -0.2) is 4.98 Å². The summed E-state index contributed by atoms with van der Waals surface area (Å²) in [5.41, 5.74) is 3.58. The van der Waals surface area contributed by atoms with E-state index < -0.39 is 11.0 Å². The molecule has 0 fully saturated rings. The Morgan fingerprint density at radius 2 is 2.00 bits per heavy atom. The number of aromatic nitrogens is 3. The lowest BCUT2D eigenvalue weighted by Crippen LogP contribution is -2.27. The van der Waals surface area contributed by atoms with Gasteiger partial charge in [-0.2, -0.15) is 0 Å². The Hall–Kier alpha value is -2.21. The molecule has 0 saturated heterocycles. The van der Waals surface area contributed by atoms with Crippen LogP contribution in [-0.2, 0) is 12.8 Å². The molecular weight excluding hydrogens is 262 g/mol. The van der Waals surface area contributed by atoms with E-state index in [1.807, 2.05) is 5.51 Å². The van der Waals surface area contributed by atoms with Crippen molar-refractivity contribution in [3.05, 3.63) is 61.6 Å². The summed E-state index contributed by atoms with van der Waals surface area (Å²) in [6.07, 6.45) is 1.46. The topological polar surface area (TPSA) is 78.6 Å². The molecule has 6 heteroatoms. The second-order valence-corrected chi connectivity index (χ2v) is 5.15. The van der Waals surface area contributed by atoms with Crippen LogP contribution in [0.15, 0.2) is 39.4 Å². The molecule has 0 spiro atoms. The summed E-state index contributed by atoms with van der Waals surface area (Å²) in [4.78, 5) is 26.4. The van der Waals surface area contributed by atoms with Crippen molar-refractivity contribution >= 4 is 21.6 Å². The number of rotatable bonds is 3. The minimum absolute atomic E-state index is 0.510. The minimum Gasteiger partial charge on any atom is -0.302 e. The fourth-order valence-electron chi connectivity index (χ4n) is 1.93. The highest BCUT2D eigenvalue weighted by Gasteiger charge is 2.02. The van der Waals surface area contributed by atoms with Gasteiger partial charge in [-0.3, -0.25) is 14.7 Å². The first-order chi connectivity index (χ1) is 9.22. The SMILES string of the molecule is O=c1cc(CCc2ccc3scnc3c2)[nH][nH]c1=O. The van der Waals surface area contributed by atoms with Crippen LogP contribution in [0.2, 0.25) is 0 Å². The average Bonchev–Trinajstić information content (AvgIpc) is 2.87. The molecule has 0 radical (unpaired) electrons. The van der Waals surface area contributed by atoms with E-state index >= 15 is 0 Å². The Balaban J connectivity index is 1.79. The minimum atomic E-state index is -0.618. The number of aryl methyl sites for hydroxylation is 2. The zero-order chi connectivity index (χ0) is 13.2. The number of hydrogen-bond donors (Lipinski definition) is 2. The van der Waals surface area contributed by atoms with Crippen molar-refractivity contribution in [3.8, 4) is 0 Å². The maximum atomic E-state index is 11.2. The largest absolute Gasteiger partial charge is 0.310 e. The lowest BCUT2D eigenvalue weighted by molar-refractivity contribution is 0.839. The van der Waals surface area contributed by atoms with Gasteiger partial charge in [0.05, 0.1) is 15.7 Å². The third kappa shape index (κ3) is 2.48. The molecule has 0 aliphatic carbocycles. The number of nitrogens with one attached hydrogen (secondary N) is 2. The number of fused-ring (bicyclic) bond motifs is 1. The molecule has 1 aromatic carbocycles. The fourth-order valence-corrected chi connectivity index (χ4v) is 2.59. The number of aromatic amines is 2. The molecule has 2 N–H and O–H groups in total. The van der Waals surface area contributed by atoms with Gasteiger partial charge in [-0.05, 0) is 30.5 Å². The first-order valence-electron chi connectivity index (χ1n) is 5.85. The van der Waals surface area contributed by atoms with Crippen molar-refractivity contribution < 1.29 is 0 Å². The summed E-state index contributed by atoms with van der Waals surface area (Å²) in [5.74, 6) is 0. The highest BCUT2D eigenvalue weighted by atomic mass is 32.1. The van der Waals surface area contributed by atoms with Crippen LogP contribution in [0, 0.1) is 0 Å². The highest BCUT2D eigenvalue weighted by Crippen LogP contribution is 2.19. The summed E-state index contributed by atoms with van der Waals surface area (Å²) in [6.45, 7) is 0. The van der Waals surface area contributed by atoms with E-state index in [9.17, 15) is 9.59 Å². The van der Waals surface area contributed by atoms with E-state index in [4.69, 9.17) is 0 Å². The predicted molar refractivity (Wildman–Crippen MR) is 74.7 cm³/mol.